The highest BCUT2D eigenvalue weighted by Gasteiger charge is 2.49. The lowest BCUT2D eigenvalue weighted by molar-refractivity contribution is 0.418. The van der Waals surface area contributed by atoms with E-state index in [1.165, 1.54) is 26.8 Å². The summed E-state index contributed by atoms with van der Waals surface area (Å²) in [6.07, 6.45) is 2.80. The van der Waals surface area contributed by atoms with Crippen LogP contribution in [0.25, 0.3) is 11.1 Å². The third-order valence-electron chi connectivity index (χ3n) is 3.17. The van der Waals surface area contributed by atoms with E-state index in [0.29, 0.717) is 12.2 Å². The van der Waals surface area contributed by atoms with Crippen LogP contribution in [0.2, 0.25) is 0 Å². The fourth-order valence-corrected chi connectivity index (χ4v) is 3.49. The van der Waals surface area contributed by atoms with Crippen molar-refractivity contribution in [1.82, 2.24) is 0 Å². The van der Waals surface area contributed by atoms with Crippen LogP contribution in [0.5, 0.6) is 0 Å². The largest absolute Gasteiger partial charge is 0.360 e. The lowest BCUT2D eigenvalue weighted by Gasteiger charge is -2.29. The maximum Gasteiger partial charge on any atom is 0.114 e. The first-order chi connectivity index (χ1) is 7.25. The first-order valence-corrected chi connectivity index (χ1v) is 6.42. The molecule has 0 amide bonds. The minimum Gasteiger partial charge on any atom is -0.360 e. The molecule has 0 N–H and O–H groups in total. The summed E-state index contributed by atoms with van der Waals surface area (Å²) in [6.45, 7) is 0. The number of hydrogen-bond donors (Lipinski definition) is 0. The van der Waals surface area contributed by atoms with E-state index in [0.717, 1.165) is 4.47 Å². The molecule has 0 saturated carbocycles. The second-order valence-electron chi connectivity index (χ2n) is 4.01. The van der Waals surface area contributed by atoms with Crippen LogP contribution in [0.15, 0.2) is 33.2 Å². The second-order valence-corrected chi connectivity index (χ2v) is 5.78. The Kier molecular flexibility index (Phi) is 1.54. The Bertz CT molecular complexity index is 557. The Morgan fingerprint density at radius 2 is 2.00 bits per heavy atom. The molecular formula is C12H6Br2O. The molecule has 2 aliphatic carbocycles. The molecule has 74 valence electrons. The SMILES string of the molecule is BrC1=CC2OC2C2=C1c1cc(Br)ccc12. The van der Waals surface area contributed by atoms with Gasteiger partial charge >= 0.3 is 0 Å². The van der Waals surface area contributed by atoms with E-state index in [1.807, 2.05) is 0 Å². The molecule has 4 rings (SSSR count). The number of halogens is 2. The summed E-state index contributed by atoms with van der Waals surface area (Å²) in [5.74, 6) is 0. The molecule has 0 radical (unpaired) electrons. The van der Waals surface area contributed by atoms with Gasteiger partial charge in [0.15, 0.2) is 0 Å². The quantitative estimate of drug-likeness (QED) is 0.662. The molecule has 0 bridgehead atoms. The smallest absolute Gasteiger partial charge is 0.114 e. The number of benzene rings is 1. The summed E-state index contributed by atoms with van der Waals surface area (Å²) in [4.78, 5) is 0. The van der Waals surface area contributed by atoms with Gasteiger partial charge in [0, 0.05) is 20.1 Å². The normalized spacial score (nSPS) is 29.9. The average molecular weight is 326 g/mol. The fraction of sp³-hybridized carbons (Fsp3) is 0.167. The predicted molar refractivity (Wildman–Crippen MR) is 66.6 cm³/mol. The molecule has 3 heteroatoms. The molecule has 3 aliphatic rings. The Hall–Kier alpha value is -0.380. The number of allylic oxidation sites excluding steroid dienone is 2. The van der Waals surface area contributed by atoms with Crippen molar-refractivity contribution in [2.45, 2.75) is 12.2 Å². The van der Waals surface area contributed by atoms with Crippen molar-refractivity contribution in [1.29, 1.82) is 0 Å². The molecule has 1 heterocycles. The van der Waals surface area contributed by atoms with Crippen LogP contribution in [0, 0.1) is 0 Å². The standard InChI is InChI=1S/C12H6Br2O/c13-5-1-2-6-7(3-5)10-8(14)4-9-12(15-9)11(6)10/h1-4,9,12H. The molecule has 1 saturated heterocycles. The van der Waals surface area contributed by atoms with Gasteiger partial charge in [-0.05, 0) is 29.3 Å². The minimum atomic E-state index is 0.315. The van der Waals surface area contributed by atoms with Gasteiger partial charge in [-0.3, -0.25) is 0 Å². The van der Waals surface area contributed by atoms with Crippen LogP contribution in [0.4, 0.5) is 0 Å². The summed E-state index contributed by atoms with van der Waals surface area (Å²) < 4.78 is 7.91. The lowest BCUT2D eigenvalue weighted by atomic mass is 9.76. The maximum absolute atomic E-state index is 5.59. The molecule has 1 aromatic carbocycles. The summed E-state index contributed by atoms with van der Waals surface area (Å²) in [6, 6.07) is 6.43. The van der Waals surface area contributed by atoms with Crippen LogP contribution in [-0.2, 0) is 4.74 Å². The fourth-order valence-electron chi connectivity index (χ4n) is 2.44. The number of hydrogen-bond acceptors (Lipinski definition) is 1. The topological polar surface area (TPSA) is 12.5 Å². The summed E-state index contributed by atoms with van der Waals surface area (Å²) in [5, 5.41) is 0. The Labute approximate surface area is 104 Å². The number of rotatable bonds is 0. The van der Waals surface area contributed by atoms with E-state index in [-0.39, 0.29) is 0 Å². The van der Waals surface area contributed by atoms with E-state index in [1.54, 1.807) is 0 Å². The molecule has 1 aliphatic heterocycles. The summed E-state index contributed by atoms with van der Waals surface area (Å²) in [7, 11) is 0. The van der Waals surface area contributed by atoms with Gasteiger partial charge in [0.25, 0.3) is 0 Å². The average Bonchev–Trinajstić information content (AvgIpc) is 2.89. The Morgan fingerprint density at radius 3 is 2.87 bits per heavy atom. The molecule has 0 aromatic heterocycles. The molecule has 1 aromatic rings. The first-order valence-electron chi connectivity index (χ1n) is 4.83. The van der Waals surface area contributed by atoms with Crippen LogP contribution < -0.4 is 0 Å². The highest BCUT2D eigenvalue weighted by Crippen LogP contribution is 2.57. The third kappa shape index (κ3) is 1.01. The van der Waals surface area contributed by atoms with Crippen molar-refractivity contribution < 1.29 is 4.74 Å². The summed E-state index contributed by atoms with van der Waals surface area (Å²) in [5.41, 5.74) is 5.41. The van der Waals surface area contributed by atoms with E-state index >= 15 is 0 Å². The molecule has 15 heavy (non-hydrogen) atoms. The van der Waals surface area contributed by atoms with Crippen molar-refractivity contribution in [3.05, 3.63) is 44.4 Å². The van der Waals surface area contributed by atoms with Crippen LogP contribution in [0.1, 0.15) is 11.1 Å². The molecular weight excluding hydrogens is 320 g/mol. The van der Waals surface area contributed by atoms with Crippen molar-refractivity contribution in [3.8, 4) is 0 Å². The number of ether oxygens (including phenoxy) is 1. The van der Waals surface area contributed by atoms with Crippen molar-refractivity contribution >= 4 is 43.0 Å². The highest BCUT2D eigenvalue weighted by atomic mass is 79.9. The first kappa shape index (κ1) is 8.74. The lowest BCUT2D eigenvalue weighted by Crippen LogP contribution is -2.15. The molecule has 1 fully saturated rings. The third-order valence-corrected chi connectivity index (χ3v) is 4.32. The van der Waals surface area contributed by atoms with E-state index in [2.05, 4.69) is 56.1 Å². The number of epoxide rings is 1. The van der Waals surface area contributed by atoms with E-state index in [4.69, 9.17) is 4.74 Å². The van der Waals surface area contributed by atoms with Crippen LogP contribution in [-0.4, -0.2) is 12.2 Å². The van der Waals surface area contributed by atoms with Crippen molar-refractivity contribution in [2.75, 3.05) is 0 Å². The molecule has 2 atom stereocenters. The van der Waals surface area contributed by atoms with Gasteiger partial charge in [-0.15, -0.1) is 0 Å². The Morgan fingerprint density at radius 1 is 1.13 bits per heavy atom. The minimum absolute atomic E-state index is 0.315. The van der Waals surface area contributed by atoms with Gasteiger partial charge in [-0.25, -0.2) is 0 Å². The molecule has 1 nitrogen and oxygen atoms in total. The molecule has 0 spiro atoms. The highest BCUT2D eigenvalue weighted by molar-refractivity contribution is 9.12. The zero-order chi connectivity index (χ0) is 10.2. The van der Waals surface area contributed by atoms with Crippen molar-refractivity contribution in [2.24, 2.45) is 0 Å². The zero-order valence-electron chi connectivity index (χ0n) is 7.63. The maximum atomic E-state index is 5.59. The number of fused-ring (bicyclic) bond motifs is 5. The van der Waals surface area contributed by atoms with E-state index < -0.39 is 0 Å². The van der Waals surface area contributed by atoms with Gasteiger partial charge in [0.1, 0.15) is 12.2 Å². The van der Waals surface area contributed by atoms with Crippen LogP contribution in [0.3, 0.4) is 0 Å². The van der Waals surface area contributed by atoms with Gasteiger partial charge in [-0.2, -0.15) is 0 Å². The van der Waals surface area contributed by atoms with E-state index in [9.17, 15) is 0 Å². The zero-order valence-corrected chi connectivity index (χ0v) is 10.8. The molecule has 2 unspecified atom stereocenters. The van der Waals surface area contributed by atoms with Gasteiger partial charge in [0.2, 0.25) is 0 Å². The second kappa shape index (κ2) is 2.65. The van der Waals surface area contributed by atoms with Crippen LogP contribution >= 0.6 is 31.9 Å². The monoisotopic (exact) mass is 324 g/mol. The van der Waals surface area contributed by atoms with Crippen molar-refractivity contribution in [3.63, 3.8) is 0 Å². The Balaban J connectivity index is 1.96. The summed E-state index contributed by atoms with van der Waals surface area (Å²) >= 11 is 7.12. The van der Waals surface area contributed by atoms with Gasteiger partial charge < -0.3 is 4.74 Å². The predicted octanol–water partition coefficient (Wildman–Crippen LogP) is 3.73. The van der Waals surface area contributed by atoms with Gasteiger partial charge in [0.05, 0.1) is 0 Å². The van der Waals surface area contributed by atoms with Gasteiger partial charge in [-0.1, -0.05) is 37.9 Å².